The summed E-state index contributed by atoms with van der Waals surface area (Å²) in [5.74, 6) is -0.914. The summed E-state index contributed by atoms with van der Waals surface area (Å²) in [6.07, 6.45) is -0.239. The van der Waals surface area contributed by atoms with Crippen LogP contribution in [0.3, 0.4) is 0 Å². The van der Waals surface area contributed by atoms with Crippen LogP contribution in [0.4, 0.5) is 5.69 Å². The number of hydrogen-bond donors (Lipinski definition) is 3. The van der Waals surface area contributed by atoms with E-state index in [9.17, 15) is 14.7 Å². The molecule has 0 heterocycles. The van der Waals surface area contributed by atoms with Crippen LogP contribution in [-0.4, -0.2) is 43.4 Å². The lowest BCUT2D eigenvalue weighted by Gasteiger charge is -2.17. The van der Waals surface area contributed by atoms with Crippen molar-refractivity contribution in [2.24, 2.45) is 0 Å². The van der Waals surface area contributed by atoms with Gasteiger partial charge in [-0.25, -0.2) is 0 Å². The molecule has 8 nitrogen and oxygen atoms in total. The average Bonchev–Trinajstić information content (AvgIpc) is 2.63. The van der Waals surface area contributed by atoms with E-state index in [1.54, 1.807) is 0 Å². The molecule has 0 aliphatic carbocycles. The number of carbonyl (C=O) groups excluding carboxylic acids is 1. The van der Waals surface area contributed by atoms with Gasteiger partial charge >= 0.3 is 5.97 Å². The molecule has 0 unspecified atom stereocenters. The van der Waals surface area contributed by atoms with Gasteiger partial charge in [0.25, 0.3) is 5.91 Å². The number of carboxylic acid groups (broad SMARTS) is 1. The molecule has 144 valence electrons. The third kappa shape index (κ3) is 4.43. The Balaban J connectivity index is 2.43. The van der Waals surface area contributed by atoms with Crippen LogP contribution in [0.15, 0.2) is 28.7 Å². The molecule has 0 bridgehead atoms. The monoisotopic (exact) mass is 439 g/mol. The minimum Gasteiger partial charge on any atom is -0.506 e. The van der Waals surface area contributed by atoms with Crippen LogP contribution < -0.4 is 19.5 Å². The van der Waals surface area contributed by atoms with E-state index in [4.69, 9.17) is 19.3 Å². The first-order valence-corrected chi connectivity index (χ1v) is 8.45. The molecule has 0 aliphatic heterocycles. The normalized spacial score (nSPS) is 10.2. The summed E-state index contributed by atoms with van der Waals surface area (Å²) in [4.78, 5) is 23.6. The summed E-state index contributed by atoms with van der Waals surface area (Å²) in [5, 5.41) is 21.4. The average molecular weight is 440 g/mol. The molecule has 2 rings (SSSR count). The fraction of sp³-hybridized carbons (Fsp3) is 0.222. The number of anilines is 1. The number of rotatable bonds is 7. The van der Waals surface area contributed by atoms with E-state index in [2.05, 4.69) is 21.2 Å². The van der Waals surface area contributed by atoms with Gasteiger partial charge in [0.1, 0.15) is 5.75 Å². The molecule has 9 heteroatoms. The van der Waals surface area contributed by atoms with Crippen LogP contribution in [0, 0.1) is 0 Å². The number of phenolic OH excluding ortho intramolecular Hbond substituents is 1. The maximum atomic E-state index is 12.7. The highest BCUT2D eigenvalue weighted by Crippen LogP contribution is 2.45. The van der Waals surface area contributed by atoms with E-state index in [0.29, 0.717) is 15.8 Å². The van der Waals surface area contributed by atoms with Gasteiger partial charge in [0.2, 0.25) is 5.75 Å². The summed E-state index contributed by atoms with van der Waals surface area (Å²) in [6, 6.07) is 5.64. The molecule has 27 heavy (non-hydrogen) atoms. The van der Waals surface area contributed by atoms with Gasteiger partial charge in [-0.15, -0.1) is 0 Å². The molecule has 0 atom stereocenters. The van der Waals surface area contributed by atoms with Crippen LogP contribution in [0.2, 0.25) is 0 Å². The number of aromatic hydroxyl groups is 1. The van der Waals surface area contributed by atoms with Crippen molar-refractivity contribution in [2.45, 2.75) is 6.42 Å². The van der Waals surface area contributed by atoms with Crippen molar-refractivity contribution in [2.75, 3.05) is 26.6 Å². The number of carbonyl (C=O) groups is 2. The molecule has 0 saturated heterocycles. The molecule has 0 aromatic heterocycles. The lowest BCUT2D eigenvalue weighted by Crippen LogP contribution is -2.14. The first-order valence-electron chi connectivity index (χ1n) is 7.65. The van der Waals surface area contributed by atoms with Crippen molar-refractivity contribution in [3.05, 3.63) is 39.9 Å². The molecular weight excluding hydrogens is 422 g/mol. The Morgan fingerprint density at radius 1 is 1.07 bits per heavy atom. The van der Waals surface area contributed by atoms with E-state index in [0.717, 1.165) is 0 Å². The van der Waals surface area contributed by atoms with Crippen molar-refractivity contribution >= 4 is 33.5 Å². The van der Waals surface area contributed by atoms with Gasteiger partial charge in [0.15, 0.2) is 11.5 Å². The van der Waals surface area contributed by atoms with Gasteiger partial charge in [-0.1, -0.05) is 6.07 Å². The van der Waals surface area contributed by atoms with Gasteiger partial charge < -0.3 is 29.7 Å². The SMILES string of the molecule is COc1cc(C(=O)Nc2cc(CC(=O)O)ccc2O)c(Br)c(OC)c1OC. The van der Waals surface area contributed by atoms with Crippen LogP contribution in [0.1, 0.15) is 15.9 Å². The predicted octanol–water partition coefficient (Wildman–Crippen LogP) is 3.06. The van der Waals surface area contributed by atoms with E-state index in [1.165, 1.54) is 45.6 Å². The Morgan fingerprint density at radius 3 is 2.30 bits per heavy atom. The maximum Gasteiger partial charge on any atom is 0.307 e. The van der Waals surface area contributed by atoms with Gasteiger partial charge in [0, 0.05) is 0 Å². The first kappa shape index (κ1) is 20.4. The lowest BCUT2D eigenvalue weighted by atomic mass is 10.1. The second-order valence-electron chi connectivity index (χ2n) is 5.38. The number of carboxylic acids is 1. The van der Waals surface area contributed by atoms with Gasteiger partial charge in [-0.05, 0) is 39.7 Å². The quantitative estimate of drug-likeness (QED) is 0.567. The molecule has 0 spiro atoms. The predicted molar refractivity (Wildman–Crippen MR) is 101 cm³/mol. The van der Waals surface area contributed by atoms with Crippen LogP contribution in [0.5, 0.6) is 23.0 Å². The fourth-order valence-corrected chi connectivity index (χ4v) is 3.08. The molecular formula is C18H18BrNO7. The Morgan fingerprint density at radius 2 is 1.74 bits per heavy atom. The largest absolute Gasteiger partial charge is 0.506 e. The van der Waals surface area contributed by atoms with Gasteiger partial charge in [-0.3, -0.25) is 9.59 Å². The van der Waals surface area contributed by atoms with Crippen molar-refractivity contribution in [3.63, 3.8) is 0 Å². The maximum absolute atomic E-state index is 12.7. The third-order valence-electron chi connectivity index (χ3n) is 3.68. The number of ether oxygens (including phenoxy) is 3. The van der Waals surface area contributed by atoms with Crippen molar-refractivity contribution < 1.29 is 34.0 Å². The zero-order chi connectivity index (χ0) is 20.1. The molecule has 0 fully saturated rings. The number of phenols is 1. The highest BCUT2D eigenvalue weighted by atomic mass is 79.9. The highest BCUT2D eigenvalue weighted by Gasteiger charge is 2.23. The smallest absolute Gasteiger partial charge is 0.307 e. The zero-order valence-electron chi connectivity index (χ0n) is 14.8. The topological polar surface area (TPSA) is 114 Å². The number of nitrogens with one attached hydrogen (secondary N) is 1. The number of benzene rings is 2. The fourth-order valence-electron chi connectivity index (χ4n) is 2.44. The summed E-state index contributed by atoms with van der Waals surface area (Å²) in [7, 11) is 4.29. The van der Waals surface area contributed by atoms with Gasteiger partial charge in [0.05, 0.1) is 43.5 Å². The molecule has 1 amide bonds. The number of halogens is 1. The van der Waals surface area contributed by atoms with E-state index in [1.807, 2.05) is 0 Å². The Hall–Kier alpha value is -2.94. The number of aliphatic carboxylic acids is 1. The summed E-state index contributed by atoms with van der Waals surface area (Å²) < 4.78 is 16.1. The molecule has 0 saturated carbocycles. The van der Waals surface area contributed by atoms with Crippen molar-refractivity contribution in [1.82, 2.24) is 0 Å². The van der Waals surface area contributed by atoms with E-state index in [-0.39, 0.29) is 34.9 Å². The summed E-state index contributed by atoms with van der Waals surface area (Å²) >= 11 is 3.31. The van der Waals surface area contributed by atoms with E-state index < -0.39 is 11.9 Å². The van der Waals surface area contributed by atoms with Crippen LogP contribution >= 0.6 is 15.9 Å². The van der Waals surface area contributed by atoms with Crippen LogP contribution in [0.25, 0.3) is 0 Å². The number of methoxy groups -OCH3 is 3. The minimum absolute atomic E-state index is 0.0828. The second-order valence-corrected chi connectivity index (χ2v) is 6.18. The summed E-state index contributed by atoms with van der Waals surface area (Å²) in [5.41, 5.74) is 0.687. The summed E-state index contributed by atoms with van der Waals surface area (Å²) in [6.45, 7) is 0. The second kappa shape index (κ2) is 8.63. The lowest BCUT2D eigenvalue weighted by molar-refractivity contribution is -0.136. The van der Waals surface area contributed by atoms with Crippen LogP contribution in [-0.2, 0) is 11.2 Å². The Labute approximate surface area is 163 Å². The standard InChI is InChI=1S/C18H18BrNO7/c1-25-13-8-10(15(19)17(27-3)16(13)26-2)18(24)20-11-6-9(7-14(22)23)4-5-12(11)21/h4-6,8,21H,7H2,1-3H3,(H,20,24)(H,22,23). The molecule has 0 radical (unpaired) electrons. The van der Waals surface area contributed by atoms with Gasteiger partial charge in [-0.2, -0.15) is 0 Å². The molecule has 0 aliphatic rings. The first-order chi connectivity index (χ1) is 12.8. The van der Waals surface area contributed by atoms with Crippen molar-refractivity contribution in [1.29, 1.82) is 0 Å². The number of hydrogen-bond acceptors (Lipinski definition) is 6. The zero-order valence-corrected chi connectivity index (χ0v) is 16.4. The minimum atomic E-state index is -1.02. The Bertz CT molecular complexity index is 882. The van der Waals surface area contributed by atoms with E-state index >= 15 is 0 Å². The Kier molecular flexibility index (Phi) is 6.51. The van der Waals surface area contributed by atoms with Crippen molar-refractivity contribution in [3.8, 4) is 23.0 Å². The molecule has 3 N–H and O–H groups in total. The number of amides is 1. The molecule has 2 aromatic rings. The molecule has 2 aromatic carbocycles. The highest BCUT2D eigenvalue weighted by molar-refractivity contribution is 9.10. The third-order valence-corrected chi connectivity index (χ3v) is 4.47.